The average molecular weight is 232 g/mol. The minimum absolute atomic E-state index is 0.0875. The monoisotopic (exact) mass is 232 g/mol. The van der Waals surface area contributed by atoms with Gasteiger partial charge in [-0.2, -0.15) is 0 Å². The van der Waals surface area contributed by atoms with Crippen LogP contribution in [-0.4, -0.2) is 22.2 Å². The quantitative estimate of drug-likeness (QED) is 0.849. The fraction of sp³-hybridized carbons (Fsp3) is 0.308. The fourth-order valence-electron chi connectivity index (χ4n) is 1.77. The van der Waals surface area contributed by atoms with Crippen LogP contribution in [0.1, 0.15) is 18.3 Å². The number of imidazole rings is 1. The van der Waals surface area contributed by atoms with Crippen molar-refractivity contribution in [3.8, 4) is 17.0 Å². The van der Waals surface area contributed by atoms with E-state index in [4.69, 9.17) is 9.84 Å². The topological polar surface area (TPSA) is 58.1 Å². The van der Waals surface area contributed by atoms with Crippen LogP contribution >= 0.6 is 0 Å². The van der Waals surface area contributed by atoms with Gasteiger partial charge >= 0.3 is 0 Å². The molecule has 0 atom stereocenters. The number of hydrogen-bond donors (Lipinski definition) is 2. The minimum Gasteiger partial charge on any atom is -0.496 e. The third-order valence-electron chi connectivity index (χ3n) is 2.74. The van der Waals surface area contributed by atoms with E-state index in [9.17, 15) is 0 Å². The molecule has 0 aliphatic carbocycles. The number of H-pyrrole nitrogens is 1. The Morgan fingerprint density at radius 2 is 2.24 bits per heavy atom. The molecule has 4 nitrogen and oxygen atoms in total. The summed E-state index contributed by atoms with van der Waals surface area (Å²) in [6, 6.07) is 6.08. The standard InChI is InChI=1S/C13H16N2O2/c1-3-9-4-5-12(17-2)10(6-9)11-7-14-13(8-16)15-11/h4-7,16H,3,8H2,1-2H3,(H,14,15). The van der Waals surface area contributed by atoms with E-state index in [1.54, 1.807) is 13.3 Å². The van der Waals surface area contributed by atoms with Crippen LogP contribution in [0.3, 0.4) is 0 Å². The summed E-state index contributed by atoms with van der Waals surface area (Å²) in [5.74, 6) is 1.36. The summed E-state index contributed by atoms with van der Waals surface area (Å²) in [6.45, 7) is 2.02. The first kappa shape index (κ1) is 11.7. The molecule has 1 heterocycles. The number of aryl methyl sites for hydroxylation is 1. The molecule has 1 aromatic heterocycles. The Balaban J connectivity index is 2.47. The Bertz CT molecular complexity index is 506. The molecule has 0 fully saturated rings. The van der Waals surface area contributed by atoms with Crippen molar-refractivity contribution in [3.05, 3.63) is 35.8 Å². The molecule has 0 spiro atoms. The maximum Gasteiger partial charge on any atom is 0.132 e. The van der Waals surface area contributed by atoms with Gasteiger partial charge in [-0.3, -0.25) is 0 Å². The molecule has 0 aliphatic heterocycles. The molecule has 0 saturated carbocycles. The van der Waals surface area contributed by atoms with Crippen LogP contribution in [0.5, 0.6) is 5.75 Å². The van der Waals surface area contributed by atoms with Gasteiger partial charge in [0, 0.05) is 5.56 Å². The van der Waals surface area contributed by atoms with Crippen LogP contribution in [0.25, 0.3) is 11.3 Å². The number of ether oxygens (including phenoxy) is 1. The van der Waals surface area contributed by atoms with E-state index in [-0.39, 0.29) is 6.61 Å². The molecule has 1 aromatic carbocycles. The summed E-state index contributed by atoms with van der Waals surface area (Å²) in [7, 11) is 1.65. The van der Waals surface area contributed by atoms with E-state index in [2.05, 4.69) is 23.0 Å². The van der Waals surface area contributed by atoms with Gasteiger partial charge in [-0.05, 0) is 24.1 Å². The van der Waals surface area contributed by atoms with Crippen LogP contribution in [0, 0.1) is 0 Å². The lowest BCUT2D eigenvalue weighted by Crippen LogP contribution is -1.91. The Morgan fingerprint density at radius 1 is 1.41 bits per heavy atom. The van der Waals surface area contributed by atoms with Crippen molar-refractivity contribution in [2.24, 2.45) is 0 Å². The molecule has 4 heteroatoms. The predicted molar refractivity (Wildman–Crippen MR) is 65.9 cm³/mol. The van der Waals surface area contributed by atoms with Gasteiger partial charge in [0.2, 0.25) is 0 Å². The number of aliphatic hydroxyl groups excluding tert-OH is 1. The molecule has 90 valence electrons. The second kappa shape index (κ2) is 5.01. The van der Waals surface area contributed by atoms with Gasteiger partial charge in [-0.1, -0.05) is 13.0 Å². The Kier molecular flexibility index (Phi) is 3.44. The number of methoxy groups -OCH3 is 1. The first-order valence-electron chi connectivity index (χ1n) is 5.60. The van der Waals surface area contributed by atoms with E-state index in [1.807, 2.05) is 12.1 Å². The van der Waals surface area contributed by atoms with Crippen molar-refractivity contribution in [1.82, 2.24) is 9.97 Å². The van der Waals surface area contributed by atoms with Crippen LogP contribution in [0.15, 0.2) is 24.4 Å². The van der Waals surface area contributed by atoms with Crippen molar-refractivity contribution in [2.75, 3.05) is 7.11 Å². The molecule has 0 bridgehead atoms. The van der Waals surface area contributed by atoms with Crippen LogP contribution in [0.2, 0.25) is 0 Å². The normalized spacial score (nSPS) is 10.5. The van der Waals surface area contributed by atoms with Crippen molar-refractivity contribution >= 4 is 0 Å². The van der Waals surface area contributed by atoms with Crippen molar-refractivity contribution in [3.63, 3.8) is 0 Å². The number of benzene rings is 1. The molecular weight excluding hydrogens is 216 g/mol. The average Bonchev–Trinajstić information content (AvgIpc) is 2.86. The van der Waals surface area contributed by atoms with Gasteiger partial charge in [0.05, 0.1) is 19.0 Å². The lowest BCUT2D eigenvalue weighted by Gasteiger charge is -2.08. The molecular formula is C13H16N2O2. The molecule has 2 rings (SSSR count). The lowest BCUT2D eigenvalue weighted by atomic mass is 10.1. The fourth-order valence-corrected chi connectivity index (χ4v) is 1.77. The summed E-state index contributed by atoms with van der Waals surface area (Å²) < 4.78 is 5.33. The SMILES string of the molecule is CCc1ccc(OC)c(-c2cnc(CO)[nH]2)c1. The maximum absolute atomic E-state index is 9.00. The zero-order valence-electron chi connectivity index (χ0n) is 10.0. The molecule has 0 unspecified atom stereocenters. The first-order valence-corrected chi connectivity index (χ1v) is 5.60. The second-order valence-corrected chi connectivity index (χ2v) is 3.79. The van der Waals surface area contributed by atoms with Gasteiger partial charge in [0.25, 0.3) is 0 Å². The molecule has 17 heavy (non-hydrogen) atoms. The van der Waals surface area contributed by atoms with Crippen LogP contribution < -0.4 is 4.74 Å². The van der Waals surface area contributed by atoms with E-state index in [1.165, 1.54) is 5.56 Å². The van der Waals surface area contributed by atoms with Gasteiger partial charge < -0.3 is 14.8 Å². The zero-order chi connectivity index (χ0) is 12.3. The third kappa shape index (κ3) is 2.31. The molecule has 0 radical (unpaired) electrons. The summed E-state index contributed by atoms with van der Waals surface area (Å²) in [5.41, 5.74) is 3.07. The molecule has 0 amide bonds. The van der Waals surface area contributed by atoms with Crippen molar-refractivity contribution < 1.29 is 9.84 Å². The number of rotatable bonds is 4. The van der Waals surface area contributed by atoms with Gasteiger partial charge in [-0.25, -0.2) is 4.98 Å². The van der Waals surface area contributed by atoms with E-state index >= 15 is 0 Å². The molecule has 0 saturated heterocycles. The third-order valence-corrected chi connectivity index (χ3v) is 2.74. The first-order chi connectivity index (χ1) is 8.28. The lowest BCUT2D eigenvalue weighted by molar-refractivity contribution is 0.272. The molecule has 2 aromatic rings. The smallest absolute Gasteiger partial charge is 0.132 e. The largest absolute Gasteiger partial charge is 0.496 e. The van der Waals surface area contributed by atoms with Gasteiger partial charge in [0.15, 0.2) is 0 Å². The van der Waals surface area contributed by atoms with E-state index in [0.29, 0.717) is 5.82 Å². The highest BCUT2D eigenvalue weighted by molar-refractivity contribution is 5.67. The van der Waals surface area contributed by atoms with Crippen LogP contribution in [-0.2, 0) is 13.0 Å². The highest BCUT2D eigenvalue weighted by atomic mass is 16.5. The Labute approximate surface area is 100 Å². The van der Waals surface area contributed by atoms with E-state index in [0.717, 1.165) is 23.4 Å². The Morgan fingerprint density at radius 3 is 2.82 bits per heavy atom. The summed E-state index contributed by atoms with van der Waals surface area (Å²) in [4.78, 5) is 7.14. The molecule has 0 aliphatic rings. The second-order valence-electron chi connectivity index (χ2n) is 3.79. The van der Waals surface area contributed by atoms with Gasteiger partial charge in [-0.15, -0.1) is 0 Å². The van der Waals surface area contributed by atoms with Crippen molar-refractivity contribution in [1.29, 1.82) is 0 Å². The maximum atomic E-state index is 9.00. The summed E-state index contributed by atoms with van der Waals surface area (Å²) in [6.07, 6.45) is 2.68. The summed E-state index contributed by atoms with van der Waals surface area (Å²) >= 11 is 0. The highest BCUT2D eigenvalue weighted by Crippen LogP contribution is 2.29. The minimum atomic E-state index is -0.0875. The zero-order valence-corrected chi connectivity index (χ0v) is 10.0. The number of hydrogen-bond acceptors (Lipinski definition) is 3. The number of aliphatic hydroxyl groups is 1. The van der Waals surface area contributed by atoms with E-state index < -0.39 is 0 Å². The Hall–Kier alpha value is -1.81. The number of aromatic amines is 1. The number of nitrogens with one attached hydrogen (secondary N) is 1. The van der Waals surface area contributed by atoms with Crippen molar-refractivity contribution in [2.45, 2.75) is 20.0 Å². The number of aromatic nitrogens is 2. The van der Waals surface area contributed by atoms with Gasteiger partial charge in [0.1, 0.15) is 18.2 Å². The number of nitrogens with zero attached hydrogens (tertiary/aromatic N) is 1. The highest BCUT2D eigenvalue weighted by Gasteiger charge is 2.09. The molecule has 2 N–H and O–H groups in total. The predicted octanol–water partition coefficient (Wildman–Crippen LogP) is 2.14. The van der Waals surface area contributed by atoms with Crippen LogP contribution in [0.4, 0.5) is 0 Å². The summed E-state index contributed by atoms with van der Waals surface area (Å²) in [5, 5.41) is 9.00.